The summed E-state index contributed by atoms with van der Waals surface area (Å²) in [5.74, 6) is 0.0179. The van der Waals surface area contributed by atoms with Crippen molar-refractivity contribution in [1.29, 1.82) is 0 Å². The van der Waals surface area contributed by atoms with Crippen molar-refractivity contribution in [3.63, 3.8) is 0 Å². The van der Waals surface area contributed by atoms with E-state index in [1.807, 2.05) is 6.92 Å². The smallest absolute Gasteiger partial charge is 0.269 e. The molecule has 0 saturated heterocycles. The number of hydrogen-bond donors (Lipinski definition) is 2. The lowest BCUT2D eigenvalue weighted by molar-refractivity contribution is -0.122. The molecule has 152 valence electrons. The number of fused-ring (bicyclic) bond motifs is 2. The van der Waals surface area contributed by atoms with E-state index in [9.17, 15) is 9.59 Å². The van der Waals surface area contributed by atoms with Crippen LogP contribution in [0.1, 0.15) is 48.8 Å². The Morgan fingerprint density at radius 1 is 1.34 bits per heavy atom. The zero-order valence-corrected chi connectivity index (χ0v) is 17.3. The van der Waals surface area contributed by atoms with Gasteiger partial charge in [-0.1, -0.05) is 23.2 Å². The summed E-state index contributed by atoms with van der Waals surface area (Å²) in [6.45, 7) is 2.36. The number of carbonyl (C=O) groups is 2. The molecule has 1 saturated carbocycles. The Balaban J connectivity index is 1.53. The number of aromatic nitrogens is 2. The molecule has 2 aromatic heterocycles. The summed E-state index contributed by atoms with van der Waals surface area (Å²) in [5, 5.41) is 6.46. The Hall–Kier alpha value is -2.38. The first-order valence-corrected chi connectivity index (χ1v) is 10.3. The fourth-order valence-electron chi connectivity index (χ4n) is 3.96. The summed E-state index contributed by atoms with van der Waals surface area (Å²) in [6.07, 6.45) is 3.78. The van der Waals surface area contributed by atoms with Crippen LogP contribution in [0.2, 0.25) is 10.0 Å². The molecule has 4 rings (SSSR count). The topological polar surface area (TPSA) is 93.2 Å². The summed E-state index contributed by atoms with van der Waals surface area (Å²) in [5.41, 5.74) is 0.892. The highest BCUT2D eigenvalue weighted by Crippen LogP contribution is 2.47. The Labute approximate surface area is 178 Å². The summed E-state index contributed by atoms with van der Waals surface area (Å²) >= 11 is 12.0. The van der Waals surface area contributed by atoms with E-state index < -0.39 is 5.41 Å². The number of nitrogens with zero attached hydrogens (tertiary/aromatic N) is 2. The predicted octanol–water partition coefficient (Wildman–Crippen LogP) is 3.74. The second kappa shape index (κ2) is 7.80. The zero-order valence-electron chi connectivity index (χ0n) is 15.8. The minimum absolute atomic E-state index is 0.0749. The number of nitrogens with one attached hydrogen (secondary N) is 2. The summed E-state index contributed by atoms with van der Waals surface area (Å²) in [6, 6.07) is 4.97. The van der Waals surface area contributed by atoms with Crippen LogP contribution in [0, 0.1) is 0 Å². The van der Waals surface area contributed by atoms with Crippen LogP contribution in [-0.4, -0.2) is 34.4 Å². The maximum atomic E-state index is 12.8. The van der Waals surface area contributed by atoms with Crippen LogP contribution in [0.3, 0.4) is 0 Å². The highest BCUT2D eigenvalue weighted by molar-refractivity contribution is 6.35. The molecule has 1 spiro atoms. The highest BCUT2D eigenvalue weighted by atomic mass is 35.5. The van der Waals surface area contributed by atoms with Crippen LogP contribution >= 0.6 is 23.2 Å². The number of amides is 2. The first-order chi connectivity index (χ1) is 13.9. The summed E-state index contributed by atoms with van der Waals surface area (Å²) in [7, 11) is 0. The van der Waals surface area contributed by atoms with Crippen LogP contribution in [0.5, 0.6) is 5.88 Å². The number of anilines is 1. The third-order valence-electron chi connectivity index (χ3n) is 5.44. The molecular weight excluding hydrogens is 415 g/mol. The number of ether oxygens (including phenoxy) is 1. The fraction of sp³-hybridized carbons (Fsp3) is 0.400. The predicted molar refractivity (Wildman–Crippen MR) is 110 cm³/mol. The van der Waals surface area contributed by atoms with Crippen molar-refractivity contribution in [2.75, 3.05) is 11.9 Å². The Kier molecular flexibility index (Phi) is 5.36. The molecule has 9 heteroatoms. The van der Waals surface area contributed by atoms with Gasteiger partial charge in [0.1, 0.15) is 16.8 Å². The number of hydrogen-bond acceptors (Lipinski definition) is 5. The van der Waals surface area contributed by atoms with Crippen molar-refractivity contribution < 1.29 is 14.3 Å². The van der Waals surface area contributed by atoms with E-state index in [2.05, 4.69) is 20.6 Å². The first-order valence-electron chi connectivity index (χ1n) is 9.52. The normalized spacial score (nSPS) is 22.9. The molecule has 2 aliphatic rings. The van der Waals surface area contributed by atoms with Crippen LogP contribution in [-0.2, 0) is 10.2 Å². The van der Waals surface area contributed by atoms with Gasteiger partial charge in [0.05, 0.1) is 21.8 Å². The Bertz CT molecular complexity index is 974. The molecule has 0 atom stereocenters. The van der Waals surface area contributed by atoms with E-state index in [0.717, 1.165) is 0 Å². The molecule has 0 unspecified atom stereocenters. The lowest BCUT2D eigenvalue weighted by Gasteiger charge is -2.35. The zero-order chi connectivity index (χ0) is 20.6. The van der Waals surface area contributed by atoms with E-state index in [1.54, 1.807) is 18.2 Å². The maximum Gasteiger partial charge on any atom is 0.269 e. The molecular formula is C20H20Cl2N4O3. The van der Waals surface area contributed by atoms with Gasteiger partial charge < -0.3 is 15.4 Å². The van der Waals surface area contributed by atoms with Crippen molar-refractivity contribution in [2.24, 2.45) is 0 Å². The van der Waals surface area contributed by atoms with Crippen molar-refractivity contribution in [3.8, 4) is 5.88 Å². The average Bonchev–Trinajstić information content (AvgIpc) is 2.97. The van der Waals surface area contributed by atoms with Crippen LogP contribution in [0.4, 0.5) is 5.69 Å². The van der Waals surface area contributed by atoms with Crippen LogP contribution < -0.4 is 15.4 Å². The molecule has 1 aliphatic heterocycles. The molecule has 29 heavy (non-hydrogen) atoms. The molecule has 1 aliphatic carbocycles. The molecule has 2 N–H and O–H groups in total. The molecule has 7 nitrogen and oxygen atoms in total. The fourth-order valence-corrected chi connectivity index (χ4v) is 4.39. The number of rotatable bonds is 4. The van der Waals surface area contributed by atoms with Crippen LogP contribution in [0.15, 0.2) is 24.4 Å². The van der Waals surface area contributed by atoms with Crippen molar-refractivity contribution in [1.82, 2.24) is 15.3 Å². The lowest BCUT2D eigenvalue weighted by Crippen LogP contribution is -2.41. The minimum atomic E-state index is -0.741. The molecule has 3 heterocycles. The van der Waals surface area contributed by atoms with Gasteiger partial charge in [-0.2, -0.15) is 0 Å². The molecule has 2 amide bonds. The monoisotopic (exact) mass is 434 g/mol. The minimum Gasteiger partial charge on any atom is -0.473 e. The average molecular weight is 435 g/mol. The SMILES string of the molecule is CCNC(=O)c1ccc2c(n1)C1(CCC(Oc3ncc(Cl)cc3Cl)CC1)C(=O)N2. The first kappa shape index (κ1) is 19.9. The van der Waals surface area contributed by atoms with Gasteiger partial charge in [0, 0.05) is 12.7 Å². The van der Waals surface area contributed by atoms with Gasteiger partial charge in [0.15, 0.2) is 0 Å². The molecule has 1 fully saturated rings. The maximum absolute atomic E-state index is 12.8. The van der Waals surface area contributed by atoms with Crippen LogP contribution in [0.25, 0.3) is 0 Å². The van der Waals surface area contributed by atoms with Crippen molar-refractivity contribution >= 4 is 40.7 Å². The van der Waals surface area contributed by atoms with Gasteiger partial charge in [-0.25, -0.2) is 9.97 Å². The van der Waals surface area contributed by atoms with Gasteiger partial charge in [0.2, 0.25) is 11.8 Å². The van der Waals surface area contributed by atoms with Gasteiger partial charge >= 0.3 is 0 Å². The quantitative estimate of drug-likeness (QED) is 0.763. The molecule has 0 aromatic carbocycles. The van der Waals surface area contributed by atoms with Gasteiger partial charge in [-0.3, -0.25) is 9.59 Å². The Morgan fingerprint density at radius 2 is 2.10 bits per heavy atom. The van der Waals surface area contributed by atoms with Gasteiger partial charge in [-0.05, 0) is 50.8 Å². The van der Waals surface area contributed by atoms with E-state index in [0.29, 0.717) is 65.2 Å². The van der Waals surface area contributed by atoms with Crippen molar-refractivity contribution in [3.05, 3.63) is 45.8 Å². The number of carbonyl (C=O) groups excluding carboxylic acids is 2. The third-order valence-corrected chi connectivity index (χ3v) is 5.92. The second-order valence-electron chi connectivity index (χ2n) is 7.25. The Morgan fingerprint density at radius 3 is 2.79 bits per heavy atom. The summed E-state index contributed by atoms with van der Waals surface area (Å²) < 4.78 is 5.94. The molecule has 0 radical (unpaired) electrons. The van der Waals surface area contributed by atoms with Crippen molar-refractivity contribution in [2.45, 2.75) is 44.1 Å². The standard InChI is InChI=1S/C20H20Cl2N4O3/c1-2-23-17(27)15-4-3-14-16(25-15)20(19(28)26-14)7-5-12(6-8-20)29-18-13(22)9-11(21)10-24-18/h3-4,9-10,12H,2,5-8H2,1H3,(H,23,27)(H,26,28). The number of halogens is 2. The highest BCUT2D eigenvalue weighted by Gasteiger charge is 2.50. The number of pyridine rings is 2. The van der Waals surface area contributed by atoms with Gasteiger partial charge in [-0.15, -0.1) is 0 Å². The summed E-state index contributed by atoms with van der Waals surface area (Å²) in [4.78, 5) is 33.7. The van der Waals surface area contributed by atoms with E-state index >= 15 is 0 Å². The molecule has 0 bridgehead atoms. The van der Waals surface area contributed by atoms with E-state index in [1.165, 1.54) is 6.20 Å². The second-order valence-corrected chi connectivity index (χ2v) is 8.09. The van der Waals surface area contributed by atoms with Gasteiger partial charge in [0.25, 0.3) is 5.91 Å². The lowest BCUT2D eigenvalue weighted by atomic mass is 9.71. The largest absolute Gasteiger partial charge is 0.473 e. The third kappa shape index (κ3) is 3.65. The van der Waals surface area contributed by atoms with E-state index in [-0.39, 0.29) is 17.9 Å². The van der Waals surface area contributed by atoms with E-state index in [4.69, 9.17) is 27.9 Å². The molecule has 2 aromatic rings.